The molecule has 0 aromatic heterocycles. The maximum Gasteiger partial charge on any atom is 0.258 e. The Labute approximate surface area is 181 Å². The molecule has 1 aliphatic heterocycles. The van der Waals surface area contributed by atoms with E-state index in [-0.39, 0.29) is 17.0 Å². The fourth-order valence-corrected chi connectivity index (χ4v) is 3.42. The van der Waals surface area contributed by atoms with E-state index < -0.39 is 11.8 Å². The Bertz CT molecular complexity index is 1170. The first-order valence-electron chi connectivity index (χ1n) is 9.20. The van der Waals surface area contributed by atoms with E-state index in [9.17, 15) is 14.4 Å². The van der Waals surface area contributed by atoms with Crippen molar-refractivity contribution in [3.05, 3.63) is 93.0 Å². The monoisotopic (exact) mass is 464 g/mol. The van der Waals surface area contributed by atoms with Crippen molar-refractivity contribution in [3.8, 4) is 5.75 Å². The summed E-state index contributed by atoms with van der Waals surface area (Å²) in [6.45, 7) is 2.26. The quantitative estimate of drug-likeness (QED) is 0.545. The van der Waals surface area contributed by atoms with Gasteiger partial charge < -0.3 is 10.1 Å². The minimum Gasteiger partial charge on any atom is -0.489 e. The maximum atomic E-state index is 12.7. The van der Waals surface area contributed by atoms with Crippen LogP contribution < -0.4 is 15.4 Å². The number of hydrogen-bond donors (Lipinski definition) is 2. The van der Waals surface area contributed by atoms with Crippen molar-refractivity contribution in [2.45, 2.75) is 13.5 Å². The highest BCUT2D eigenvalue weighted by molar-refractivity contribution is 9.10. The number of amides is 3. The lowest BCUT2D eigenvalue weighted by Gasteiger charge is -2.14. The summed E-state index contributed by atoms with van der Waals surface area (Å²) in [5.41, 5.74) is 3.19. The molecule has 2 N–H and O–H groups in total. The van der Waals surface area contributed by atoms with Gasteiger partial charge >= 0.3 is 0 Å². The van der Waals surface area contributed by atoms with Crippen molar-refractivity contribution in [1.82, 2.24) is 5.32 Å². The second kappa shape index (κ2) is 8.12. The fourth-order valence-electron chi connectivity index (χ4n) is 3.15. The fraction of sp³-hybridized carbons (Fsp3) is 0.0870. The Morgan fingerprint density at radius 3 is 2.50 bits per heavy atom. The van der Waals surface area contributed by atoms with Gasteiger partial charge in [-0.25, -0.2) is 0 Å². The topological polar surface area (TPSA) is 84.5 Å². The number of ether oxygens (including phenoxy) is 1. The summed E-state index contributed by atoms with van der Waals surface area (Å²) in [5, 5.41) is 5.06. The van der Waals surface area contributed by atoms with Gasteiger partial charge in [0.1, 0.15) is 12.4 Å². The molecule has 3 amide bonds. The van der Waals surface area contributed by atoms with Gasteiger partial charge in [-0.3, -0.25) is 19.7 Å². The van der Waals surface area contributed by atoms with Gasteiger partial charge in [0.2, 0.25) is 0 Å². The van der Waals surface area contributed by atoms with Crippen molar-refractivity contribution in [2.75, 3.05) is 5.32 Å². The third-order valence-electron chi connectivity index (χ3n) is 4.84. The summed E-state index contributed by atoms with van der Waals surface area (Å²) in [5.74, 6) is -0.662. The second-order valence-corrected chi connectivity index (χ2v) is 7.76. The normalized spacial score (nSPS) is 12.3. The van der Waals surface area contributed by atoms with E-state index in [1.807, 2.05) is 37.3 Å². The van der Waals surface area contributed by atoms with Gasteiger partial charge in [-0.15, -0.1) is 0 Å². The van der Waals surface area contributed by atoms with Crippen LogP contribution in [0.2, 0.25) is 0 Å². The lowest BCUT2D eigenvalue weighted by Crippen LogP contribution is -2.20. The van der Waals surface area contributed by atoms with Crippen molar-refractivity contribution in [1.29, 1.82) is 0 Å². The van der Waals surface area contributed by atoms with Crippen LogP contribution >= 0.6 is 15.9 Å². The van der Waals surface area contributed by atoms with Crippen molar-refractivity contribution in [2.24, 2.45) is 0 Å². The lowest BCUT2D eigenvalue weighted by atomic mass is 10.0. The summed E-state index contributed by atoms with van der Waals surface area (Å²) < 4.78 is 6.92. The average molecular weight is 465 g/mol. The Kier molecular flexibility index (Phi) is 5.37. The van der Waals surface area contributed by atoms with Crippen LogP contribution in [0, 0.1) is 6.92 Å². The van der Waals surface area contributed by atoms with Crippen molar-refractivity contribution < 1.29 is 19.1 Å². The molecule has 6 nitrogen and oxygen atoms in total. The molecule has 0 unspecified atom stereocenters. The molecule has 1 aliphatic rings. The van der Waals surface area contributed by atoms with Gasteiger partial charge in [-0.1, -0.05) is 34.1 Å². The molecular weight excluding hydrogens is 448 g/mol. The van der Waals surface area contributed by atoms with Crippen LogP contribution in [0.5, 0.6) is 5.75 Å². The maximum absolute atomic E-state index is 12.7. The highest BCUT2D eigenvalue weighted by atomic mass is 79.9. The number of rotatable bonds is 5. The minimum atomic E-state index is -0.496. The van der Waals surface area contributed by atoms with Crippen LogP contribution in [-0.2, 0) is 6.61 Å². The number of carbonyl (C=O) groups excluding carboxylic acids is 3. The highest BCUT2D eigenvalue weighted by Gasteiger charge is 2.27. The van der Waals surface area contributed by atoms with Crippen LogP contribution in [0.4, 0.5) is 5.69 Å². The molecule has 3 aromatic rings. The summed E-state index contributed by atoms with van der Waals surface area (Å²) in [7, 11) is 0. The molecule has 150 valence electrons. The first-order chi connectivity index (χ1) is 14.4. The van der Waals surface area contributed by atoms with Crippen LogP contribution in [0.3, 0.4) is 0 Å². The van der Waals surface area contributed by atoms with Gasteiger partial charge in [0.15, 0.2) is 0 Å². The Morgan fingerprint density at radius 1 is 1.00 bits per heavy atom. The van der Waals surface area contributed by atoms with Gasteiger partial charge in [-0.05, 0) is 55.0 Å². The zero-order valence-corrected chi connectivity index (χ0v) is 17.6. The third kappa shape index (κ3) is 3.97. The molecule has 0 saturated carbocycles. The summed E-state index contributed by atoms with van der Waals surface area (Å²) in [4.78, 5) is 36.2. The Hall–Kier alpha value is -3.45. The van der Waals surface area contributed by atoms with E-state index in [0.29, 0.717) is 23.6 Å². The van der Waals surface area contributed by atoms with Crippen LogP contribution in [0.15, 0.2) is 65.1 Å². The summed E-state index contributed by atoms with van der Waals surface area (Å²) in [6, 6.07) is 17.7. The summed E-state index contributed by atoms with van der Waals surface area (Å²) in [6.07, 6.45) is 0. The standard InChI is InChI=1S/C23H17BrN2O4/c1-13-19(3-2-4-20(13)30-12-14-5-8-16(24)9-6-14)25-21(27)15-7-10-17-18(11-15)23(29)26-22(17)28/h2-11H,12H2,1H3,(H,25,27)(H,26,28,29). The van der Waals surface area contributed by atoms with Crippen molar-refractivity contribution in [3.63, 3.8) is 0 Å². The molecular formula is C23H17BrN2O4. The van der Waals surface area contributed by atoms with E-state index in [1.165, 1.54) is 18.2 Å². The van der Waals surface area contributed by atoms with Gasteiger partial charge in [0.25, 0.3) is 17.7 Å². The second-order valence-electron chi connectivity index (χ2n) is 6.84. The largest absolute Gasteiger partial charge is 0.489 e. The Morgan fingerprint density at radius 2 is 1.73 bits per heavy atom. The molecule has 0 bridgehead atoms. The molecule has 4 rings (SSSR count). The number of benzene rings is 3. The highest BCUT2D eigenvalue weighted by Crippen LogP contribution is 2.27. The minimum absolute atomic E-state index is 0.205. The zero-order chi connectivity index (χ0) is 21.3. The SMILES string of the molecule is Cc1c(NC(=O)c2ccc3c(c2)C(=O)NC3=O)cccc1OCc1ccc(Br)cc1. The van der Waals surface area contributed by atoms with Crippen LogP contribution in [-0.4, -0.2) is 17.7 Å². The molecule has 7 heteroatoms. The van der Waals surface area contributed by atoms with E-state index in [4.69, 9.17) is 4.74 Å². The average Bonchev–Trinajstić information content (AvgIpc) is 3.03. The number of imide groups is 1. The smallest absolute Gasteiger partial charge is 0.258 e. The zero-order valence-electron chi connectivity index (χ0n) is 16.0. The van der Waals surface area contributed by atoms with E-state index >= 15 is 0 Å². The van der Waals surface area contributed by atoms with Gasteiger partial charge in [-0.2, -0.15) is 0 Å². The van der Waals surface area contributed by atoms with Crippen LogP contribution in [0.25, 0.3) is 0 Å². The van der Waals surface area contributed by atoms with E-state index in [0.717, 1.165) is 15.6 Å². The number of nitrogens with one attached hydrogen (secondary N) is 2. The summed E-state index contributed by atoms with van der Waals surface area (Å²) >= 11 is 3.41. The number of hydrogen-bond acceptors (Lipinski definition) is 4. The molecule has 0 spiro atoms. The number of fused-ring (bicyclic) bond motifs is 1. The number of halogens is 1. The molecule has 1 heterocycles. The van der Waals surface area contributed by atoms with E-state index in [2.05, 4.69) is 26.6 Å². The molecule has 0 radical (unpaired) electrons. The molecule has 30 heavy (non-hydrogen) atoms. The number of anilines is 1. The molecule has 0 aliphatic carbocycles. The van der Waals surface area contributed by atoms with E-state index in [1.54, 1.807) is 12.1 Å². The number of carbonyl (C=O) groups is 3. The third-order valence-corrected chi connectivity index (χ3v) is 5.37. The first kappa shape index (κ1) is 19.8. The Balaban J connectivity index is 1.50. The molecule has 0 fully saturated rings. The predicted molar refractivity (Wildman–Crippen MR) is 116 cm³/mol. The van der Waals surface area contributed by atoms with Gasteiger partial charge in [0.05, 0.1) is 11.1 Å². The predicted octanol–water partition coefficient (Wildman–Crippen LogP) is 4.47. The lowest BCUT2D eigenvalue weighted by molar-refractivity contribution is 0.0879. The molecule has 0 atom stereocenters. The molecule has 0 saturated heterocycles. The van der Waals surface area contributed by atoms with Gasteiger partial charge in [0, 0.05) is 21.3 Å². The molecule has 3 aromatic carbocycles. The van der Waals surface area contributed by atoms with Crippen LogP contribution in [0.1, 0.15) is 42.2 Å². The van der Waals surface area contributed by atoms with Crippen molar-refractivity contribution >= 4 is 39.3 Å². The first-order valence-corrected chi connectivity index (χ1v) is 9.99.